The molecule has 138 valence electrons. The molecule has 0 fully saturated rings. The van der Waals surface area contributed by atoms with Crippen molar-refractivity contribution in [1.29, 1.82) is 0 Å². The first-order chi connectivity index (χ1) is 12.3. The van der Waals surface area contributed by atoms with Gasteiger partial charge in [0, 0.05) is 32.5 Å². The van der Waals surface area contributed by atoms with Crippen LogP contribution in [0.25, 0.3) is 11.3 Å². The van der Waals surface area contributed by atoms with Crippen LogP contribution in [0.2, 0.25) is 0 Å². The Morgan fingerprint density at radius 1 is 1.19 bits per heavy atom. The molecule has 0 saturated heterocycles. The maximum atomic E-state index is 14.4. The molecule has 0 N–H and O–H groups in total. The Bertz CT molecular complexity index is 842. The number of hydrogen-bond donors (Lipinski definition) is 0. The van der Waals surface area contributed by atoms with Crippen molar-refractivity contribution < 1.29 is 13.2 Å². The van der Waals surface area contributed by atoms with E-state index >= 15 is 0 Å². The minimum absolute atomic E-state index is 0.00149. The van der Waals surface area contributed by atoms with Crippen LogP contribution in [0, 0.1) is 11.6 Å². The quantitative estimate of drug-likeness (QED) is 0.516. The number of allylic oxidation sites excluding steroid dienone is 1. The first-order valence-corrected chi connectivity index (χ1v) is 8.39. The molecule has 2 rings (SSSR count). The summed E-state index contributed by atoms with van der Waals surface area (Å²) in [5.41, 5.74) is 1.58. The van der Waals surface area contributed by atoms with Crippen molar-refractivity contribution in [2.45, 2.75) is 26.7 Å². The predicted molar refractivity (Wildman–Crippen MR) is 103 cm³/mol. The van der Waals surface area contributed by atoms with Gasteiger partial charge >= 0.3 is 0 Å². The lowest BCUT2D eigenvalue weighted by molar-refractivity contribution is 0.490. The predicted octanol–water partition coefficient (Wildman–Crippen LogP) is 5.33. The largest absolute Gasteiger partial charge is 0.460 e. The zero-order valence-corrected chi connectivity index (χ0v) is 15.7. The Labute approximate surface area is 153 Å². The van der Waals surface area contributed by atoms with Gasteiger partial charge in [0.05, 0.1) is 5.70 Å². The molecule has 0 unspecified atom stereocenters. The molecule has 1 aromatic carbocycles. The van der Waals surface area contributed by atoms with Crippen LogP contribution in [0.5, 0.6) is 0 Å². The molecule has 0 saturated carbocycles. The van der Waals surface area contributed by atoms with Crippen LogP contribution in [0.3, 0.4) is 0 Å². The summed E-state index contributed by atoms with van der Waals surface area (Å²) in [5, 5.41) is 0. The summed E-state index contributed by atoms with van der Waals surface area (Å²) in [5.74, 6) is 0.690. The van der Waals surface area contributed by atoms with Gasteiger partial charge in [-0.1, -0.05) is 25.7 Å². The van der Waals surface area contributed by atoms with E-state index in [1.807, 2.05) is 19.1 Å². The topological polar surface area (TPSA) is 28.7 Å². The number of nitrogens with zero attached hydrogens (tertiary/aromatic N) is 2. The lowest BCUT2D eigenvalue weighted by Crippen LogP contribution is -2.27. The minimum atomic E-state index is -0.616. The molecule has 0 bridgehead atoms. The first kappa shape index (κ1) is 19.6. The Hall–Kier alpha value is -2.69. The van der Waals surface area contributed by atoms with E-state index in [0.29, 0.717) is 28.4 Å². The summed E-state index contributed by atoms with van der Waals surface area (Å²) < 4.78 is 34.5. The van der Waals surface area contributed by atoms with Gasteiger partial charge in [-0.3, -0.25) is 4.99 Å². The number of furan rings is 1. The smallest absolute Gasteiger partial charge is 0.150 e. The Balaban J connectivity index is 2.26. The number of aliphatic imine (C=N–C) groups is 1. The fourth-order valence-corrected chi connectivity index (χ4v) is 2.57. The van der Waals surface area contributed by atoms with Crippen LogP contribution >= 0.6 is 0 Å². The Morgan fingerprint density at radius 3 is 2.27 bits per heavy atom. The zero-order valence-electron chi connectivity index (χ0n) is 15.7. The van der Waals surface area contributed by atoms with Crippen LogP contribution in [-0.2, 0) is 12.8 Å². The fourth-order valence-electron chi connectivity index (χ4n) is 2.57. The molecule has 2 aromatic rings. The second kappa shape index (κ2) is 8.13. The van der Waals surface area contributed by atoms with E-state index in [-0.39, 0.29) is 12.0 Å². The number of halogens is 2. The van der Waals surface area contributed by atoms with Gasteiger partial charge in [-0.25, -0.2) is 8.78 Å². The van der Waals surface area contributed by atoms with Crippen LogP contribution in [0.1, 0.15) is 36.5 Å². The summed E-state index contributed by atoms with van der Waals surface area (Å²) in [4.78, 5) is 5.87. The van der Waals surface area contributed by atoms with E-state index in [1.165, 1.54) is 12.1 Å². The fraction of sp³-hybridized carbons (Fsp3) is 0.286. The number of hydrogen-bond acceptors (Lipinski definition) is 2. The second-order valence-electron chi connectivity index (χ2n) is 6.14. The van der Waals surface area contributed by atoms with Crippen molar-refractivity contribution in [3.05, 3.63) is 71.7 Å². The number of amidine groups is 1. The molecule has 1 heterocycles. The molecule has 5 heteroatoms. The molecule has 0 atom stereocenters. The Kier molecular flexibility index (Phi) is 6.14. The van der Waals surface area contributed by atoms with Crippen molar-refractivity contribution in [3.8, 4) is 0 Å². The van der Waals surface area contributed by atoms with E-state index < -0.39 is 11.6 Å². The van der Waals surface area contributed by atoms with Crippen molar-refractivity contribution in [1.82, 2.24) is 4.90 Å². The highest BCUT2D eigenvalue weighted by Gasteiger charge is 2.19. The molecule has 0 aliphatic heterocycles. The molecule has 0 amide bonds. The average Bonchev–Trinajstić information content (AvgIpc) is 3.09. The third-order valence-electron chi connectivity index (χ3n) is 4.31. The third-order valence-corrected chi connectivity index (χ3v) is 4.31. The highest BCUT2D eigenvalue weighted by molar-refractivity contribution is 5.91. The van der Waals surface area contributed by atoms with E-state index in [4.69, 9.17) is 4.42 Å². The molecule has 3 nitrogen and oxygen atoms in total. The molecular formula is C21H24F2N2O. The molecule has 0 aliphatic carbocycles. The van der Waals surface area contributed by atoms with Gasteiger partial charge in [-0.2, -0.15) is 0 Å². The molecule has 0 radical (unpaired) electrons. The Morgan fingerprint density at radius 2 is 1.81 bits per heavy atom. The van der Waals surface area contributed by atoms with Crippen molar-refractivity contribution in [2.75, 3.05) is 14.1 Å². The SMILES string of the molecule is C=C(C)c1cc(F)c(CC(=NC)N(C)C(=C)c2ccc(CC)o2)c(F)c1. The van der Waals surface area contributed by atoms with Crippen molar-refractivity contribution in [2.24, 2.45) is 4.99 Å². The maximum Gasteiger partial charge on any atom is 0.150 e. The lowest BCUT2D eigenvalue weighted by Gasteiger charge is -2.22. The van der Waals surface area contributed by atoms with E-state index in [1.54, 1.807) is 25.9 Å². The monoisotopic (exact) mass is 358 g/mol. The summed E-state index contributed by atoms with van der Waals surface area (Å²) >= 11 is 0. The summed E-state index contributed by atoms with van der Waals surface area (Å²) in [7, 11) is 3.33. The van der Waals surface area contributed by atoms with E-state index in [9.17, 15) is 8.78 Å². The van der Waals surface area contributed by atoms with Crippen molar-refractivity contribution >= 4 is 17.1 Å². The highest BCUT2D eigenvalue weighted by Crippen LogP contribution is 2.24. The van der Waals surface area contributed by atoms with Crippen LogP contribution in [0.15, 0.2) is 46.8 Å². The summed E-state index contributed by atoms with van der Waals surface area (Å²) in [6.07, 6.45) is 0.776. The summed E-state index contributed by atoms with van der Waals surface area (Å²) in [6, 6.07) is 6.30. The van der Waals surface area contributed by atoms with E-state index in [2.05, 4.69) is 18.2 Å². The zero-order chi connectivity index (χ0) is 19.4. The number of likely N-dealkylation sites (N-methyl/N-ethyl adjacent to an activating group) is 1. The van der Waals surface area contributed by atoms with Gasteiger partial charge in [-0.15, -0.1) is 0 Å². The number of aryl methyl sites for hydroxylation is 1. The summed E-state index contributed by atoms with van der Waals surface area (Å²) in [6.45, 7) is 11.4. The normalized spacial score (nSPS) is 11.5. The van der Waals surface area contributed by atoms with Crippen LogP contribution in [-0.4, -0.2) is 24.8 Å². The van der Waals surface area contributed by atoms with Gasteiger partial charge in [0.25, 0.3) is 0 Å². The van der Waals surface area contributed by atoms with Gasteiger partial charge in [-0.05, 0) is 36.8 Å². The first-order valence-electron chi connectivity index (χ1n) is 8.39. The maximum absolute atomic E-state index is 14.4. The van der Waals surface area contributed by atoms with Gasteiger partial charge in [0.2, 0.25) is 0 Å². The lowest BCUT2D eigenvalue weighted by atomic mass is 10.0. The number of benzene rings is 1. The van der Waals surface area contributed by atoms with Gasteiger partial charge in [0.1, 0.15) is 29.0 Å². The number of rotatable bonds is 6. The molecule has 0 spiro atoms. The van der Waals surface area contributed by atoms with Crippen molar-refractivity contribution in [3.63, 3.8) is 0 Å². The minimum Gasteiger partial charge on any atom is -0.460 e. The molecule has 1 aromatic heterocycles. The molecule has 26 heavy (non-hydrogen) atoms. The van der Waals surface area contributed by atoms with Gasteiger partial charge < -0.3 is 9.32 Å². The van der Waals surface area contributed by atoms with E-state index in [0.717, 1.165) is 12.2 Å². The highest BCUT2D eigenvalue weighted by atomic mass is 19.1. The van der Waals surface area contributed by atoms with Gasteiger partial charge in [0.15, 0.2) is 0 Å². The van der Waals surface area contributed by atoms with Crippen LogP contribution < -0.4 is 0 Å². The standard InChI is InChI=1S/C21H24F2N2O/c1-7-16-8-9-20(26-16)14(4)25(6)21(24-5)12-17-18(22)10-15(13(2)3)11-19(17)23/h8-11H,2,4,7,12H2,1,3,5-6H3. The molecular weight excluding hydrogens is 334 g/mol. The second-order valence-corrected chi connectivity index (χ2v) is 6.14. The van der Waals surface area contributed by atoms with Crippen LogP contribution in [0.4, 0.5) is 8.78 Å². The average molecular weight is 358 g/mol. The third kappa shape index (κ3) is 4.10. The molecule has 0 aliphatic rings.